The van der Waals surface area contributed by atoms with E-state index in [2.05, 4.69) is 20.8 Å². The summed E-state index contributed by atoms with van der Waals surface area (Å²) >= 11 is 0. The second kappa shape index (κ2) is 8.62. The molecule has 0 aliphatic rings. The first-order valence-electron chi connectivity index (χ1n) is 9.46. The van der Waals surface area contributed by atoms with Crippen LogP contribution in [0.25, 0.3) is 0 Å². The molecule has 4 aromatic rings. The second-order valence-corrected chi connectivity index (χ2v) is 6.87. The first-order valence-corrected chi connectivity index (χ1v) is 9.46. The molecule has 2 amide bonds. The van der Waals surface area contributed by atoms with Crippen LogP contribution in [-0.4, -0.2) is 31.4 Å². The lowest BCUT2D eigenvalue weighted by Crippen LogP contribution is -2.14. The van der Waals surface area contributed by atoms with Crippen LogP contribution in [0.5, 0.6) is 0 Å². The number of carbonyl (C=O) groups is 2. The van der Waals surface area contributed by atoms with Gasteiger partial charge in [-0.3, -0.25) is 19.0 Å². The summed E-state index contributed by atoms with van der Waals surface area (Å²) in [6.07, 6.45) is 3.19. The lowest BCUT2D eigenvalue weighted by Gasteiger charge is -2.04. The molecule has 2 aromatic heterocycles. The lowest BCUT2D eigenvalue weighted by molar-refractivity contribution is 0.101. The maximum absolute atomic E-state index is 13.0. The minimum atomic E-state index is -0.433. The molecule has 0 atom stereocenters. The predicted octanol–water partition coefficient (Wildman–Crippen LogP) is 3.31. The third-order valence-electron chi connectivity index (χ3n) is 4.54. The average Bonchev–Trinajstić information content (AvgIpc) is 3.36. The molecule has 0 unspecified atom stereocenters. The van der Waals surface area contributed by atoms with E-state index in [0.717, 1.165) is 5.56 Å². The molecule has 0 saturated heterocycles. The van der Waals surface area contributed by atoms with Gasteiger partial charge in [0.05, 0.1) is 18.4 Å². The summed E-state index contributed by atoms with van der Waals surface area (Å²) in [5, 5.41) is 13.8. The molecule has 0 saturated carbocycles. The third-order valence-corrected chi connectivity index (χ3v) is 4.54. The summed E-state index contributed by atoms with van der Waals surface area (Å²) in [5.74, 6) is -0.632. The van der Waals surface area contributed by atoms with Gasteiger partial charge < -0.3 is 10.6 Å². The van der Waals surface area contributed by atoms with Gasteiger partial charge in [0.1, 0.15) is 11.6 Å². The Labute approximate surface area is 177 Å². The van der Waals surface area contributed by atoms with Crippen LogP contribution < -0.4 is 10.6 Å². The summed E-state index contributed by atoms with van der Waals surface area (Å²) in [5.41, 5.74) is 2.03. The van der Waals surface area contributed by atoms with Crippen LogP contribution in [0.2, 0.25) is 0 Å². The van der Waals surface area contributed by atoms with Gasteiger partial charge in [0.15, 0.2) is 5.69 Å². The minimum Gasteiger partial charge on any atom is -0.318 e. The van der Waals surface area contributed by atoms with Crippen molar-refractivity contribution in [2.24, 2.45) is 7.05 Å². The molecule has 9 heteroatoms. The first-order chi connectivity index (χ1) is 15.0. The number of carbonyl (C=O) groups excluding carboxylic acids is 2. The van der Waals surface area contributed by atoms with E-state index in [4.69, 9.17) is 0 Å². The molecule has 2 aromatic carbocycles. The fourth-order valence-electron chi connectivity index (χ4n) is 2.96. The quantitative estimate of drug-likeness (QED) is 0.502. The van der Waals surface area contributed by atoms with Gasteiger partial charge in [0.2, 0.25) is 0 Å². The number of hydrogen-bond donors (Lipinski definition) is 2. The van der Waals surface area contributed by atoms with Crippen LogP contribution in [0.4, 0.5) is 15.9 Å². The van der Waals surface area contributed by atoms with Gasteiger partial charge in [-0.25, -0.2) is 4.39 Å². The molecule has 0 spiro atoms. The summed E-state index contributed by atoms with van der Waals surface area (Å²) < 4.78 is 16.1. The van der Waals surface area contributed by atoms with Crippen molar-refractivity contribution in [3.63, 3.8) is 0 Å². The van der Waals surface area contributed by atoms with Crippen molar-refractivity contribution >= 4 is 23.3 Å². The highest BCUT2D eigenvalue weighted by molar-refractivity contribution is 6.06. The number of aryl methyl sites for hydroxylation is 1. The molecule has 2 N–H and O–H groups in total. The van der Waals surface area contributed by atoms with E-state index in [1.54, 1.807) is 54.3 Å². The summed E-state index contributed by atoms with van der Waals surface area (Å²) in [4.78, 5) is 24.9. The zero-order valence-corrected chi connectivity index (χ0v) is 16.6. The highest BCUT2D eigenvalue weighted by atomic mass is 19.1. The van der Waals surface area contributed by atoms with Gasteiger partial charge in [-0.05, 0) is 29.8 Å². The van der Waals surface area contributed by atoms with Gasteiger partial charge in [-0.15, -0.1) is 0 Å². The maximum Gasteiger partial charge on any atom is 0.276 e. The molecule has 0 aliphatic carbocycles. The Morgan fingerprint density at radius 2 is 1.74 bits per heavy atom. The van der Waals surface area contributed by atoms with Crippen molar-refractivity contribution in [1.82, 2.24) is 19.6 Å². The number of halogens is 1. The SMILES string of the molecule is Cn1nc(C(=O)Nc2cnn(Cc3ccc(F)cc3)c2)cc1NC(=O)c1ccccc1. The monoisotopic (exact) mass is 418 g/mol. The molecule has 156 valence electrons. The number of nitrogens with one attached hydrogen (secondary N) is 2. The van der Waals surface area contributed by atoms with Gasteiger partial charge >= 0.3 is 0 Å². The van der Waals surface area contributed by atoms with E-state index in [0.29, 0.717) is 23.6 Å². The van der Waals surface area contributed by atoms with E-state index in [1.807, 2.05) is 6.07 Å². The highest BCUT2D eigenvalue weighted by Crippen LogP contribution is 2.14. The fraction of sp³-hybridized carbons (Fsp3) is 0.0909. The summed E-state index contributed by atoms with van der Waals surface area (Å²) in [6, 6.07) is 16.4. The van der Waals surface area contributed by atoms with Crippen LogP contribution in [0, 0.1) is 5.82 Å². The van der Waals surface area contributed by atoms with Crippen LogP contribution in [0.15, 0.2) is 73.1 Å². The summed E-state index contributed by atoms with van der Waals surface area (Å²) in [7, 11) is 1.64. The number of benzene rings is 2. The Morgan fingerprint density at radius 3 is 2.48 bits per heavy atom. The van der Waals surface area contributed by atoms with E-state index in [-0.39, 0.29) is 17.4 Å². The number of rotatable bonds is 6. The number of hydrogen-bond acceptors (Lipinski definition) is 4. The highest BCUT2D eigenvalue weighted by Gasteiger charge is 2.16. The largest absolute Gasteiger partial charge is 0.318 e. The van der Waals surface area contributed by atoms with Crippen molar-refractivity contribution in [3.8, 4) is 0 Å². The minimum absolute atomic E-state index is 0.150. The third kappa shape index (κ3) is 4.84. The van der Waals surface area contributed by atoms with Crippen molar-refractivity contribution < 1.29 is 14.0 Å². The predicted molar refractivity (Wildman–Crippen MR) is 113 cm³/mol. The van der Waals surface area contributed by atoms with Gasteiger partial charge in [0, 0.05) is 24.9 Å². The van der Waals surface area contributed by atoms with Crippen molar-refractivity contribution in [1.29, 1.82) is 0 Å². The Morgan fingerprint density at radius 1 is 1.00 bits per heavy atom. The molecule has 0 radical (unpaired) electrons. The lowest BCUT2D eigenvalue weighted by atomic mass is 10.2. The number of aromatic nitrogens is 4. The number of amides is 2. The molecular weight excluding hydrogens is 399 g/mol. The smallest absolute Gasteiger partial charge is 0.276 e. The van der Waals surface area contributed by atoms with E-state index >= 15 is 0 Å². The molecule has 0 aliphatic heterocycles. The number of anilines is 2. The van der Waals surface area contributed by atoms with Crippen LogP contribution in [0.1, 0.15) is 26.4 Å². The standard InChI is InChI=1S/C22H19FN6O2/c1-28-20(26-21(30)16-5-3-2-4-6-16)11-19(27-28)22(31)25-18-12-24-29(14-18)13-15-7-9-17(23)10-8-15/h2-12,14H,13H2,1H3,(H,25,31)(H,26,30). The maximum atomic E-state index is 13.0. The van der Waals surface area contributed by atoms with E-state index in [1.165, 1.54) is 29.1 Å². The average molecular weight is 418 g/mol. The first kappa shape index (κ1) is 20.0. The molecule has 31 heavy (non-hydrogen) atoms. The molecule has 4 rings (SSSR count). The van der Waals surface area contributed by atoms with Gasteiger partial charge in [-0.1, -0.05) is 30.3 Å². The van der Waals surface area contributed by atoms with Crippen LogP contribution in [0.3, 0.4) is 0 Å². The Balaban J connectivity index is 1.40. The Kier molecular flexibility index (Phi) is 5.57. The van der Waals surface area contributed by atoms with E-state index in [9.17, 15) is 14.0 Å². The van der Waals surface area contributed by atoms with Crippen molar-refractivity contribution in [2.75, 3.05) is 10.6 Å². The summed E-state index contributed by atoms with van der Waals surface area (Å²) in [6.45, 7) is 0.440. The van der Waals surface area contributed by atoms with E-state index < -0.39 is 5.91 Å². The zero-order chi connectivity index (χ0) is 21.8. The van der Waals surface area contributed by atoms with Gasteiger partial charge in [-0.2, -0.15) is 10.2 Å². The second-order valence-electron chi connectivity index (χ2n) is 6.87. The Hall–Kier alpha value is -4.27. The molecule has 0 bridgehead atoms. The van der Waals surface area contributed by atoms with Crippen LogP contribution >= 0.6 is 0 Å². The normalized spacial score (nSPS) is 10.6. The number of nitrogens with zero attached hydrogens (tertiary/aromatic N) is 4. The zero-order valence-electron chi connectivity index (χ0n) is 16.6. The van der Waals surface area contributed by atoms with Crippen molar-refractivity contribution in [2.45, 2.75) is 6.54 Å². The Bertz CT molecular complexity index is 1210. The van der Waals surface area contributed by atoms with Crippen LogP contribution in [-0.2, 0) is 13.6 Å². The molecular formula is C22H19FN6O2. The molecule has 2 heterocycles. The molecule has 8 nitrogen and oxygen atoms in total. The molecule has 0 fully saturated rings. The van der Waals surface area contributed by atoms with Crippen molar-refractivity contribution in [3.05, 3.63) is 95.7 Å². The fourth-order valence-corrected chi connectivity index (χ4v) is 2.96. The van der Waals surface area contributed by atoms with Gasteiger partial charge in [0.25, 0.3) is 11.8 Å². The topological polar surface area (TPSA) is 93.8 Å².